The van der Waals surface area contributed by atoms with Crippen LogP contribution in [0.5, 0.6) is 0 Å². The smallest absolute Gasteiger partial charge is 0.260 e. The number of sulfonamides is 1. The van der Waals surface area contributed by atoms with Crippen molar-refractivity contribution in [1.82, 2.24) is 4.90 Å². The zero-order valence-corrected chi connectivity index (χ0v) is 13.2. The molecule has 5 nitrogen and oxygen atoms in total. The van der Waals surface area contributed by atoms with Crippen LogP contribution in [0.2, 0.25) is 0 Å². The molecule has 23 heavy (non-hydrogen) atoms. The van der Waals surface area contributed by atoms with Gasteiger partial charge in [0.1, 0.15) is 5.92 Å². The van der Waals surface area contributed by atoms with Crippen LogP contribution in [-0.2, 0) is 14.8 Å². The van der Waals surface area contributed by atoms with Crippen molar-refractivity contribution < 1.29 is 22.0 Å². The van der Waals surface area contributed by atoms with Crippen LogP contribution in [0.15, 0.2) is 29.2 Å². The minimum Gasteiger partial charge on any atom is -0.342 e. The molecule has 126 valence electrons. The molecule has 0 aromatic heterocycles. The summed E-state index contributed by atoms with van der Waals surface area (Å²) in [7, 11) is -3.71. The van der Waals surface area contributed by atoms with Gasteiger partial charge in [-0.1, -0.05) is 12.1 Å². The normalized spacial score (nSPS) is 24.5. The van der Waals surface area contributed by atoms with Gasteiger partial charge in [0.05, 0.1) is 4.90 Å². The van der Waals surface area contributed by atoms with Gasteiger partial charge in [-0.3, -0.25) is 4.79 Å². The molecule has 1 aromatic rings. The molecule has 1 saturated heterocycles. The number of hydrogen-bond donors (Lipinski definition) is 1. The second kappa shape index (κ2) is 5.52. The van der Waals surface area contributed by atoms with Gasteiger partial charge in [0.2, 0.25) is 15.9 Å². The molecule has 1 aromatic carbocycles. The van der Waals surface area contributed by atoms with Crippen molar-refractivity contribution in [3.63, 3.8) is 0 Å². The highest BCUT2D eigenvalue weighted by Gasteiger charge is 2.62. The number of carbonyl (C=O) groups is 1. The lowest BCUT2D eigenvalue weighted by molar-refractivity contribution is -0.135. The first-order chi connectivity index (χ1) is 10.7. The largest absolute Gasteiger partial charge is 0.342 e. The van der Waals surface area contributed by atoms with Gasteiger partial charge >= 0.3 is 0 Å². The number of nitrogens with two attached hydrogens (primary N) is 1. The Morgan fingerprint density at radius 3 is 2.13 bits per heavy atom. The van der Waals surface area contributed by atoms with Crippen molar-refractivity contribution in [3.05, 3.63) is 29.8 Å². The van der Waals surface area contributed by atoms with Crippen molar-refractivity contribution in [2.24, 2.45) is 11.1 Å². The first-order valence-corrected chi connectivity index (χ1v) is 9.02. The summed E-state index contributed by atoms with van der Waals surface area (Å²) in [5.41, 5.74) is 0.973. The van der Waals surface area contributed by atoms with Crippen molar-refractivity contribution in [1.29, 1.82) is 0 Å². The average Bonchev–Trinajstić information content (AvgIpc) is 3.15. The van der Waals surface area contributed by atoms with E-state index in [0.29, 0.717) is 25.9 Å². The zero-order valence-electron chi connectivity index (χ0n) is 12.4. The number of nitrogens with zero attached hydrogens (tertiary/aromatic N) is 1. The lowest BCUT2D eigenvalue weighted by Gasteiger charge is -2.32. The number of alkyl halides is 2. The summed E-state index contributed by atoms with van der Waals surface area (Å²) in [6.45, 7) is 0.903. The van der Waals surface area contributed by atoms with Crippen LogP contribution in [0.3, 0.4) is 0 Å². The van der Waals surface area contributed by atoms with Gasteiger partial charge in [-0.25, -0.2) is 22.3 Å². The number of primary sulfonamides is 1. The summed E-state index contributed by atoms with van der Waals surface area (Å²) >= 11 is 0. The number of carbonyl (C=O) groups excluding carboxylic acids is 1. The topological polar surface area (TPSA) is 80.5 Å². The van der Waals surface area contributed by atoms with E-state index in [4.69, 9.17) is 5.14 Å². The molecular weight excluding hydrogens is 326 g/mol. The third-order valence-electron chi connectivity index (χ3n) is 4.61. The summed E-state index contributed by atoms with van der Waals surface area (Å²) in [6, 6.07) is 6.37. The molecule has 8 heteroatoms. The van der Waals surface area contributed by atoms with Crippen molar-refractivity contribution in [2.75, 3.05) is 13.1 Å². The summed E-state index contributed by atoms with van der Waals surface area (Å²) in [6.07, 6.45) is 1.03. The Bertz CT molecular complexity index is 711. The fourth-order valence-electron chi connectivity index (χ4n) is 3.06. The van der Waals surface area contributed by atoms with E-state index < -0.39 is 27.8 Å². The van der Waals surface area contributed by atoms with Gasteiger partial charge in [0.25, 0.3) is 5.92 Å². The fraction of sp³-hybridized carbons (Fsp3) is 0.533. The van der Waals surface area contributed by atoms with Crippen LogP contribution in [0.4, 0.5) is 8.78 Å². The van der Waals surface area contributed by atoms with Gasteiger partial charge in [-0.15, -0.1) is 0 Å². The van der Waals surface area contributed by atoms with Crippen molar-refractivity contribution in [3.8, 4) is 0 Å². The first kappa shape index (κ1) is 16.3. The van der Waals surface area contributed by atoms with E-state index in [0.717, 1.165) is 5.56 Å². The highest BCUT2D eigenvalue weighted by Crippen LogP contribution is 2.49. The third-order valence-corrected chi connectivity index (χ3v) is 5.54. The SMILES string of the molecule is NS(=O)(=O)c1ccc(C2CCN(C(=O)C3CC3(F)F)CC2)cc1. The predicted molar refractivity (Wildman–Crippen MR) is 79.4 cm³/mol. The Hall–Kier alpha value is -1.54. The molecule has 1 saturated carbocycles. The number of likely N-dealkylation sites (tertiary alicyclic amines) is 1. The third kappa shape index (κ3) is 3.37. The molecule has 1 heterocycles. The number of amides is 1. The lowest BCUT2D eigenvalue weighted by Crippen LogP contribution is -2.39. The summed E-state index contributed by atoms with van der Waals surface area (Å²) in [4.78, 5) is 13.5. The van der Waals surface area contributed by atoms with E-state index in [1.807, 2.05) is 0 Å². The highest BCUT2D eigenvalue weighted by molar-refractivity contribution is 7.89. The second-order valence-electron chi connectivity index (χ2n) is 6.23. The molecule has 2 aliphatic rings. The maximum Gasteiger partial charge on any atom is 0.260 e. The second-order valence-corrected chi connectivity index (χ2v) is 7.79. The number of rotatable bonds is 3. The molecule has 2 N–H and O–H groups in total. The summed E-state index contributed by atoms with van der Waals surface area (Å²) in [5.74, 6) is -4.21. The molecule has 3 rings (SSSR count). The highest BCUT2D eigenvalue weighted by atomic mass is 32.2. The molecule has 0 bridgehead atoms. The number of piperidine rings is 1. The standard InChI is InChI=1S/C15H18F2N2O3S/c16-15(17)9-13(15)14(20)19-7-5-11(6-8-19)10-1-3-12(4-2-10)23(18,21)22/h1-4,11,13H,5-9H2,(H2,18,21,22). The van der Waals surface area contributed by atoms with E-state index >= 15 is 0 Å². The van der Waals surface area contributed by atoms with Gasteiger partial charge in [-0.2, -0.15) is 0 Å². The van der Waals surface area contributed by atoms with E-state index in [1.54, 1.807) is 12.1 Å². The first-order valence-electron chi connectivity index (χ1n) is 7.48. The Labute approximate surface area is 133 Å². The average molecular weight is 344 g/mol. The number of hydrogen-bond acceptors (Lipinski definition) is 3. The van der Waals surface area contributed by atoms with E-state index in [-0.39, 0.29) is 17.2 Å². The van der Waals surface area contributed by atoms with E-state index in [1.165, 1.54) is 17.0 Å². The molecule has 1 atom stereocenters. The maximum absolute atomic E-state index is 13.0. The molecular formula is C15H18F2N2O3S. The maximum atomic E-state index is 13.0. The molecule has 0 radical (unpaired) electrons. The van der Waals surface area contributed by atoms with E-state index in [2.05, 4.69) is 0 Å². The van der Waals surface area contributed by atoms with Crippen molar-refractivity contribution >= 4 is 15.9 Å². The lowest BCUT2D eigenvalue weighted by atomic mass is 9.89. The summed E-state index contributed by atoms with van der Waals surface area (Å²) < 4.78 is 48.4. The van der Waals surface area contributed by atoms with Crippen LogP contribution in [0, 0.1) is 5.92 Å². The Morgan fingerprint density at radius 2 is 1.70 bits per heavy atom. The van der Waals surface area contributed by atoms with Gasteiger partial charge in [0, 0.05) is 19.5 Å². The molecule has 0 spiro atoms. The zero-order chi connectivity index (χ0) is 16.8. The minimum absolute atomic E-state index is 0.0600. The van der Waals surface area contributed by atoms with Crippen LogP contribution in [0.1, 0.15) is 30.7 Å². The van der Waals surface area contributed by atoms with Crippen molar-refractivity contribution in [2.45, 2.75) is 36.0 Å². The van der Waals surface area contributed by atoms with Crippen LogP contribution < -0.4 is 5.14 Å². The fourth-order valence-corrected chi connectivity index (χ4v) is 3.58. The quantitative estimate of drug-likeness (QED) is 0.906. The number of benzene rings is 1. The molecule has 1 unspecified atom stereocenters. The van der Waals surface area contributed by atoms with Crippen LogP contribution in [-0.4, -0.2) is 38.2 Å². The van der Waals surface area contributed by atoms with Crippen LogP contribution in [0.25, 0.3) is 0 Å². The Kier molecular flexibility index (Phi) is 3.92. The van der Waals surface area contributed by atoms with E-state index in [9.17, 15) is 22.0 Å². The van der Waals surface area contributed by atoms with Gasteiger partial charge in [0.15, 0.2) is 0 Å². The molecule has 1 aliphatic carbocycles. The Morgan fingerprint density at radius 1 is 1.17 bits per heavy atom. The molecule has 1 aliphatic heterocycles. The minimum atomic E-state index is -3.71. The monoisotopic (exact) mass is 344 g/mol. The molecule has 1 amide bonds. The summed E-state index contributed by atoms with van der Waals surface area (Å²) in [5, 5.41) is 5.06. The predicted octanol–water partition coefficient (Wildman–Crippen LogP) is 1.70. The molecule has 2 fully saturated rings. The Balaban J connectivity index is 1.60. The van der Waals surface area contributed by atoms with Crippen LogP contribution >= 0.6 is 0 Å². The van der Waals surface area contributed by atoms with Gasteiger partial charge < -0.3 is 4.90 Å². The number of halogens is 2. The van der Waals surface area contributed by atoms with Gasteiger partial charge in [-0.05, 0) is 36.5 Å².